The summed E-state index contributed by atoms with van der Waals surface area (Å²) in [7, 11) is -4.39. The second-order valence-electron chi connectivity index (χ2n) is 7.75. The highest BCUT2D eigenvalue weighted by Crippen LogP contribution is 2.58. The number of β-lactam (4-membered cyclic amide) rings is 1. The lowest BCUT2D eigenvalue weighted by Gasteiger charge is -2.45. The highest BCUT2D eigenvalue weighted by Gasteiger charge is 2.73. The molecule has 2 aliphatic heterocycles. The Morgan fingerprint density at radius 3 is 2.42 bits per heavy atom. The number of nitrogens with zero attached hydrogens (tertiary/aromatic N) is 1. The lowest BCUT2D eigenvalue weighted by Crippen LogP contribution is -2.69. The van der Waals surface area contributed by atoms with E-state index in [9.17, 15) is 18.0 Å². The molecular formula is C21H20BrNO6S2. The number of benzene rings is 2. The summed E-state index contributed by atoms with van der Waals surface area (Å²) < 4.78 is 37.1. The highest BCUT2D eigenvalue weighted by molar-refractivity contribution is 9.10. The Bertz CT molecular complexity index is 1120. The number of hydrogen-bond donors (Lipinski definition) is 0. The first-order valence-electron chi connectivity index (χ1n) is 9.49. The van der Waals surface area contributed by atoms with Gasteiger partial charge in [-0.15, -0.1) is 11.8 Å². The second-order valence-corrected chi connectivity index (χ2v) is 12.0. The van der Waals surface area contributed by atoms with Crippen molar-refractivity contribution in [1.29, 1.82) is 0 Å². The summed E-state index contributed by atoms with van der Waals surface area (Å²) in [5.41, 5.74) is -1.38. The lowest BCUT2D eigenvalue weighted by atomic mass is 9.93. The van der Waals surface area contributed by atoms with Crippen LogP contribution in [-0.2, 0) is 35.2 Å². The van der Waals surface area contributed by atoms with Crippen LogP contribution in [0, 0.1) is 0 Å². The summed E-state index contributed by atoms with van der Waals surface area (Å²) in [5.74, 6) is -1.27. The zero-order chi connectivity index (χ0) is 22.4. The van der Waals surface area contributed by atoms with Gasteiger partial charge in [-0.3, -0.25) is 9.69 Å². The van der Waals surface area contributed by atoms with Gasteiger partial charge in [0.25, 0.3) is 15.8 Å². The molecule has 164 valence electrons. The summed E-state index contributed by atoms with van der Waals surface area (Å²) in [6.07, 6.45) is 0.212. The first kappa shape index (κ1) is 22.3. The lowest BCUT2D eigenvalue weighted by molar-refractivity contribution is -0.199. The van der Waals surface area contributed by atoms with Gasteiger partial charge in [0, 0.05) is 4.47 Å². The zero-order valence-corrected chi connectivity index (χ0v) is 20.0. The fourth-order valence-electron chi connectivity index (χ4n) is 3.72. The van der Waals surface area contributed by atoms with Crippen LogP contribution >= 0.6 is 27.7 Å². The molecule has 2 aromatic carbocycles. The number of esters is 1. The first-order chi connectivity index (χ1) is 14.6. The van der Waals surface area contributed by atoms with Crippen molar-refractivity contribution in [3.05, 3.63) is 64.6 Å². The van der Waals surface area contributed by atoms with Gasteiger partial charge in [-0.2, -0.15) is 8.42 Å². The van der Waals surface area contributed by atoms with E-state index in [0.717, 1.165) is 5.56 Å². The number of halogens is 1. The molecule has 2 fully saturated rings. The largest absolute Gasteiger partial charge is 0.457 e. The Hall–Kier alpha value is -1.88. The topological polar surface area (TPSA) is 90.0 Å². The molecule has 4 rings (SSSR count). The van der Waals surface area contributed by atoms with Crippen LogP contribution in [0.2, 0.25) is 0 Å². The molecule has 0 radical (unpaired) electrons. The van der Waals surface area contributed by atoms with E-state index in [1.54, 1.807) is 50.2 Å². The molecular weight excluding hydrogens is 506 g/mol. The molecule has 2 saturated heterocycles. The standard InChI is InChI=1S/C21H20BrNO6S2/c1-20(2)21(23-17(24)12-18(23)30-20,19(25)28-13-14-6-4-3-5-7-14)29-31(26,27)16-10-8-15(22)9-11-16/h3-11,18H,12-13H2,1-2H3/t18-,21-/m1/s1. The van der Waals surface area contributed by atoms with Crippen LogP contribution in [0.4, 0.5) is 0 Å². The van der Waals surface area contributed by atoms with E-state index in [4.69, 9.17) is 8.92 Å². The van der Waals surface area contributed by atoms with Crippen LogP contribution in [0.15, 0.2) is 64.0 Å². The maximum atomic E-state index is 13.4. The van der Waals surface area contributed by atoms with E-state index in [1.165, 1.54) is 28.8 Å². The van der Waals surface area contributed by atoms with Crippen molar-refractivity contribution in [3.63, 3.8) is 0 Å². The van der Waals surface area contributed by atoms with Crippen LogP contribution < -0.4 is 0 Å². The van der Waals surface area contributed by atoms with Crippen molar-refractivity contribution in [3.8, 4) is 0 Å². The van der Waals surface area contributed by atoms with Gasteiger partial charge < -0.3 is 4.74 Å². The van der Waals surface area contributed by atoms with Crippen molar-refractivity contribution in [2.45, 2.75) is 47.6 Å². The minimum atomic E-state index is -4.39. The number of amides is 1. The van der Waals surface area contributed by atoms with Crippen LogP contribution in [-0.4, -0.2) is 41.0 Å². The van der Waals surface area contributed by atoms with E-state index in [1.807, 2.05) is 6.07 Å². The van der Waals surface area contributed by atoms with Crippen LogP contribution in [0.3, 0.4) is 0 Å². The number of carbonyl (C=O) groups excluding carboxylic acids is 2. The molecule has 0 N–H and O–H groups in total. The Morgan fingerprint density at radius 1 is 1.16 bits per heavy atom. The smallest absolute Gasteiger partial charge is 0.363 e. The van der Waals surface area contributed by atoms with Crippen LogP contribution in [0.1, 0.15) is 25.8 Å². The molecule has 2 heterocycles. The molecule has 0 aromatic heterocycles. The quantitative estimate of drug-likeness (QED) is 0.322. The fraction of sp³-hybridized carbons (Fsp3) is 0.333. The van der Waals surface area contributed by atoms with E-state index in [2.05, 4.69) is 15.9 Å². The molecule has 2 aliphatic rings. The number of rotatable bonds is 6. The predicted octanol–water partition coefficient (Wildman–Crippen LogP) is 3.68. The predicted molar refractivity (Wildman–Crippen MR) is 118 cm³/mol. The number of fused-ring (bicyclic) bond motifs is 1. The van der Waals surface area contributed by atoms with E-state index in [0.29, 0.717) is 4.47 Å². The number of hydrogen-bond acceptors (Lipinski definition) is 7. The van der Waals surface area contributed by atoms with Crippen molar-refractivity contribution < 1.29 is 26.9 Å². The second kappa shape index (κ2) is 7.91. The van der Waals surface area contributed by atoms with Gasteiger partial charge in [0.1, 0.15) is 6.61 Å². The Labute approximate surface area is 193 Å². The molecule has 2 aromatic rings. The maximum absolute atomic E-state index is 13.4. The number of thioether (sulfide) groups is 1. The molecule has 2 atom stereocenters. The third-order valence-electron chi connectivity index (χ3n) is 5.31. The maximum Gasteiger partial charge on any atom is 0.363 e. The van der Waals surface area contributed by atoms with Gasteiger partial charge in [0.15, 0.2) is 0 Å². The van der Waals surface area contributed by atoms with E-state index >= 15 is 0 Å². The minimum Gasteiger partial charge on any atom is -0.457 e. The summed E-state index contributed by atoms with van der Waals surface area (Å²) in [5, 5.41) is -0.355. The summed E-state index contributed by atoms with van der Waals surface area (Å²) >= 11 is 4.59. The van der Waals surface area contributed by atoms with Crippen molar-refractivity contribution in [2.24, 2.45) is 0 Å². The normalized spacial score (nSPS) is 24.4. The molecule has 0 saturated carbocycles. The average Bonchev–Trinajstić information content (AvgIpc) is 2.89. The SMILES string of the molecule is CC1(C)S[C@@H]2CC(=O)N2[C@@]1(OS(=O)(=O)c1ccc(Br)cc1)C(=O)OCc1ccccc1. The molecule has 0 unspecified atom stereocenters. The first-order valence-corrected chi connectivity index (χ1v) is 12.6. The van der Waals surface area contributed by atoms with Gasteiger partial charge in [-0.1, -0.05) is 46.3 Å². The average molecular weight is 526 g/mol. The molecule has 0 spiro atoms. The highest BCUT2D eigenvalue weighted by atomic mass is 79.9. The van der Waals surface area contributed by atoms with Crippen molar-refractivity contribution in [1.82, 2.24) is 4.90 Å². The number of carbonyl (C=O) groups is 2. The fourth-order valence-corrected chi connectivity index (χ4v) is 6.94. The Kier molecular flexibility index (Phi) is 5.70. The van der Waals surface area contributed by atoms with Gasteiger partial charge >= 0.3 is 5.97 Å². The van der Waals surface area contributed by atoms with Gasteiger partial charge in [0.05, 0.1) is 21.4 Å². The Morgan fingerprint density at radius 2 is 1.81 bits per heavy atom. The molecule has 31 heavy (non-hydrogen) atoms. The van der Waals surface area contributed by atoms with Crippen molar-refractivity contribution in [2.75, 3.05) is 0 Å². The van der Waals surface area contributed by atoms with Crippen molar-refractivity contribution >= 4 is 49.7 Å². The van der Waals surface area contributed by atoms with Gasteiger partial charge in [0.2, 0.25) is 5.91 Å². The molecule has 10 heteroatoms. The summed E-state index contributed by atoms with van der Waals surface area (Å²) in [4.78, 5) is 27.0. The van der Waals surface area contributed by atoms with E-state index < -0.39 is 26.6 Å². The zero-order valence-electron chi connectivity index (χ0n) is 16.8. The molecule has 7 nitrogen and oxygen atoms in total. The minimum absolute atomic E-state index is 0.0729. The van der Waals surface area contributed by atoms with E-state index in [-0.39, 0.29) is 29.2 Å². The van der Waals surface area contributed by atoms with Crippen LogP contribution in [0.5, 0.6) is 0 Å². The number of ether oxygens (including phenoxy) is 1. The molecule has 0 bridgehead atoms. The molecule has 0 aliphatic carbocycles. The monoisotopic (exact) mass is 525 g/mol. The third-order valence-corrected chi connectivity index (χ3v) is 8.67. The Balaban J connectivity index is 1.72. The van der Waals surface area contributed by atoms with Crippen LogP contribution in [0.25, 0.3) is 0 Å². The summed E-state index contributed by atoms with van der Waals surface area (Å²) in [6, 6.07) is 14.9. The molecule has 1 amide bonds. The van der Waals surface area contributed by atoms with Gasteiger partial charge in [-0.25, -0.2) is 8.98 Å². The van der Waals surface area contributed by atoms with Gasteiger partial charge in [-0.05, 0) is 43.7 Å². The third kappa shape index (κ3) is 3.79. The summed E-state index contributed by atoms with van der Waals surface area (Å²) in [6.45, 7) is 3.30.